The number of hydrogen-bond donors (Lipinski definition) is 1. The van der Waals surface area contributed by atoms with Crippen molar-refractivity contribution >= 4 is 11.6 Å². The number of carbonyl (C=O) groups is 1. The number of aryl methyl sites for hydroxylation is 1. The van der Waals surface area contributed by atoms with E-state index in [-0.39, 0.29) is 23.7 Å². The van der Waals surface area contributed by atoms with Crippen LogP contribution in [0.4, 0.5) is 5.69 Å². The number of carbonyl (C=O) groups excluding carboxylic acids is 1. The van der Waals surface area contributed by atoms with E-state index in [0.717, 1.165) is 13.1 Å². The minimum atomic E-state index is -0.431. The maximum absolute atomic E-state index is 12.6. The van der Waals surface area contributed by atoms with Gasteiger partial charge in [-0.15, -0.1) is 0 Å². The van der Waals surface area contributed by atoms with Crippen molar-refractivity contribution in [2.24, 2.45) is 0 Å². The van der Waals surface area contributed by atoms with E-state index >= 15 is 0 Å². The summed E-state index contributed by atoms with van der Waals surface area (Å²) in [6.07, 6.45) is 0. The smallest absolute Gasteiger partial charge is 0.272 e. The second-order valence-electron chi connectivity index (χ2n) is 5.33. The Morgan fingerprint density at radius 2 is 1.95 bits per heavy atom. The van der Waals surface area contributed by atoms with Gasteiger partial charge in [0.25, 0.3) is 11.6 Å². The first-order valence-corrected chi connectivity index (χ1v) is 6.70. The van der Waals surface area contributed by atoms with Crippen molar-refractivity contribution in [1.29, 1.82) is 0 Å². The fourth-order valence-corrected chi connectivity index (χ4v) is 2.67. The third kappa shape index (κ3) is 2.65. The summed E-state index contributed by atoms with van der Waals surface area (Å²) in [7, 11) is 0. The first-order valence-electron chi connectivity index (χ1n) is 6.70. The van der Waals surface area contributed by atoms with Crippen molar-refractivity contribution in [1.82, 2.24) is 10.2 Å². The van der Waals surface area contributed by atoms with Gasteiger partial charge in [0.1, 0.15) is 0 Å². The molecule has 1 saturated heterocycles. The average molecular weight is 277 g/mol. The average Bonchev–Trinajstić information content (AvgIpc) is 2.37. The highest BCUT2D eigenvalue weighted by molar-refractivity contribution is 5.95. The lowest BCUT2D eigenvalue weighted by Gasteiger charge is -2.39. The van der Waals surface area contributed by atoms with Crippen molar-refractivity contribution in [3.05, 3.63) is 39.4 Å². The maximum Gasteiger partial charge on any atom is 0.272 e. The highest BCUT2D eigenvalue weighted by Gasteiger charge is 2.30. The Morgan fingerprint density at radius 3 is 2.45 bits per heavy atom. The van der Waals surface area contributed by atoms with Crippen molar-refractivity contribution in [3.8, 4) is 0 Å². The molecule has 1 heterocycles. The summed E-state index contributed by atoms with van der Waals surface area (Å²) in [5, 5.41) is 14.1. The quantitative estimate of drug-likeness (QED) is 0.659. The molecule has 1 amide bonds. The Labute approximate surface area is 117 Å². The molecule has 108 valence electrons. The number of nitrogens with zero attached hydrogens (tertiary/aromatic N) is 2. The molecule has 2 atom stereocenters. The minimum Gasteiger partial charge on any atom is -0.331 e. The Balaban J connectivity index is 2.29. The van der Waals surface area contributed by atoms with Crippen LogP contribution in [-0.2, 0) is 0 Å². The van der Waals surface area contributed by atoms with Crippen molar-refractivity contribution < 1.29 is 9.72 Å². The molecule has 1 N–H and O–H groups in total. The van der Waals surface area contributed by atoms with Crippen LogP contribution in [0, 0.1) is 17.0 Å². The molecule has 1 aliphatic heterocycles. The van der Waals surface area contributed by atoms with E-state index in [4.69, 9.17) is 0 Å². The zero-order valence-corrected chi connectivity index (χ0v) is 11.9. The molecular weight excluding hydrogens is 258 g/mol. The summed E-state index contributed by atoms with van der Waals surface area (Å²) in [6, 6.07) is 4.76. The molecule has 0 saturated carbocycles. The van der Waals surface area contributed by atoms with Gasteiger partial charge in [-0.1, -0.05) is 0 Å². The Kier molecular flexibility index (Phi) is 4.04. The van der Waals surface area contributed by atoms with Crippen LogP contribution in [0.2, 0.25) is 0 Å². The minimum absolute atomic E-state index is 0.0444. The lowest BCUT2D eigenvalue weighted by atomic mass is 10.0. The molecule has 0 bridgehead atoms. The number of amides is 1. The van der Waals surface area contributed by atoms with E-state index < -0.39 is 4.92 Å². The number of rotatable bonds is 2. The molecule has 0 aliphatic carbocycles. The molecule has 0 radical (unpaired) electrons. The maximum atomic E-state index is 12.6. The summed E-state index contributed by atoms with van der Waals surface area (Å²) in [5.41, 5.74) is 1.06. The van der Waals surface area contributed by atoms with E-state index in [1.54, 1.807) is 13.0 Å². The van der Waals surface area contributed by atoms with E-state index in [0.29, 0.717) is 11.1 Å². The first kappa shape index (κ1) is 14.5. The van der Waals surface area contributed by atoms with Crippen LogP contribution in [0.1, 0.15) is 29.8 Å². The van der Waals surface area contributed by atoms with Crippen LogP contribution in [0.3, 0.4) is 0 Å². The summed E-state index contributed by atoms with van der Waals surface area (Å²) in [5.74, 6) is -0.0653. The SMILES string of the molecule is Cc1cc(C(=O)N2C(C)CNCC2C)ccc1[N+](=O)[O-]. The highest BCUT2D eigenvalue weighted by atomic mass is 16.6. The number of nitro groups is 1. The van der Waals surface area contributed by atoms with Crippen LogP contribution in [-0.4, -0.2) is 40.9 Å². The van der Waals surface area contributed by atoms with E-state index in [9.17, 15) is 14.9 Å². The van der Waals surface area contributed by atoms with Crippen LogP contribution in [0.15, 0.2) is 18.2 Å². The van der Waals surface area contributed by atoms with Crippen molar-refractivity contribution in [2.75, 3.05) is 13.1 Å². The third-order valence-corrected chi connectivity index (χ3v) is 3.70. The van der Waals surface area contributed by atoms with Gasteiger partial charge in [-0.3, -0.25) is 14.9 Å². The van der Waals surface area contributed by atoms with Gasteiger partial charge in [0, 0.05) is 42.4 Å². The van der Waals surface area contributed by atoms with Gasteiger partial charge in [0.2, 0.25) is 0 Å². The monoisotopic (exact) mass is 277 g/mol. The summed E-state index contributed by atoms with van der Waals surface area (Å²) in [4.78, 5) is 24.8. The van der Waals surface area contributed by atoms with Crippen LogP contribution in [0.5, 0.6) is 0 Å². The van der Waals surface area contributed by atoms with E-state index in [1.807, 2.05) is 18.7 Å². The molecule has 6 nitrogen and oxygen atoms in total. The molecule has 1 aromatic rings. The largest absolute Gasteiger partial charge is 0.331 e. The third-order valence-electron chi connectivity index (χ3n) is 3.70. The molecule has 2 unspecified atom stereocenters. The van der Waals surface area contributed by atoms with Crippen molar-refractivity contribution in [2.45, 2.75) is 32.9 Å². The van der Waals surface area contributed by atoms with E-state index in [2.05, 4.69) is 5.32 Å². The van der Waals surface area contributed by atoms with Gasteiger partial charge in [-0.05, 0) is 32.9 Å². The number of piperazine rings is 1. The highest BCUT2D eigenvalue weighted by Crippen LogP contribution is 2.21. The second kappa shape index (κ2) is 5.58. The predicted molar refractivity (Wildman–Crippen MR) is 75.8 cm³/mol. The molecule has 20 heavy (non-hydrogen) atoms. The number of hydrogen-bond acceptors (Lipinski definition) is 4. The number of nitro benzene ring substituents is 1. The molecule has 0 aromatic heterocycles. The zero-order chi connectivity index (χ0) is 14.9. The predicted octanol–water partition coefficient (Wildman–Crippen LogP) is 1.73. The zero-order valence-electron chi connectivity index (χ0n) is 11.9. The molecule has 2 rings (SSSR count). The fraction of sp³-hybridized carbons (Fsp3) is 0.500. The van der Waals surface area contributed by atoms with Gasteiger partial charge in [-0.2, -0.15) is 0 Å². The molecule has 6 heteroatoms. The molecule has 1 fully saturated rings. The Morgan fingerprint density at radius 1 is 1.35 bits per heavy atom. The number of benzene rings is 1. The topological polar surface area (TPSA) is 75.5 Å². The van der Waals surface area contributed by atoms with Crippen LogP contribution in [0.25, 0.3) is 0 Å². The molecule has 0 spiro atoms. The van der Waals surface area contributed by atoms with Crippen molar-refractivity contribution in [3.63, 3.8) is 0 Å². The summed E-state index contributed by atoms with van der Waals surface area (Å²) >= 11 is 0. The first-order chi connectivity index (χ1) is 9.41. The molecular formula is C14H19N3O3. The van der Waals surface area contributed by atoms with Crippen LogP contribution >= 0.6 is 0 Å². The van der Waals surface area contributed by atoms with Gasteiger partial charge in [-0.25, -0.2) is 0 Å². The van der Waals surface area contributed by atoms with Crippen LogP contribution < -0.4 is 5.32 Å². The molecule has 1 aliphatic rings. The van der Waals surface area contributed by atoms with Gasteiger partial charge in [0.15, 0.2) is 0 Å². The summed E-state index contributed by atoms with van der Waals surface area (Å²) in [6.45, 7) is 7.18. The standard InChI is InChI=1S/C14H19N3O3/c1-9-6-12(4-5-13(9)17(19)20)14(18)16-10(2)7-15-8-11(16)3/h4-6,10-11,15H,7-8H2,1-3H3. The Hall–Kier alpha value is -1.95. The second-order valence-corrected chi connectivity index (χ2v) is 5.33. The Bertz CT molecular complexity index is 534. The van der Waals surface area contributed by atoms with E-state index in [1.165, 1.54) is 12.1 Å². The molecule has 1 aromatic carbocycles. The van der Waals surface area contributed by atoms with Gasteiger partial charge < -0.3 is 10.2 Å². The lowest BCUT2D eigenvalue weighted by molar-refractivity contribution is -0.385. The van der Waals surface area contributed by atoms with Gasteiger partial charge in [0.05, 0.1) is 4.92 Å². The fourth-order valence-electron chi connectivity index (χ4n) is 2.67. The summed E-state index contributed by atoms with van der Waals surface area (Å²) < 4.78 is 0. The van der Waals surface area contributed by atoms with Gasteiger partial charge >= 0.3 is 0 Å². The lowest BCUT2D eigenvalue weighted by Crippen LogP contribution is -2.57. The number of nitrogens with one attached hydrogen (secondary N) is 1. The normalized spacial score (nSPS) is 22.6.